The first-order valence-electron chi connectivity index (χ1n) is 13.6. The average Bonchev–Trinajstić information content (AvgIpc) is 3.15. The smallest absolute Gasteiger partial charge is 0.138 e. The molecule has 34 heavy (non-hydrogen) atoms. The summed E-state index contributed by atoms with van der Waals surface area (Å²) in [4.78, 5) is 12.8. The van der Waals surface area contributed by atoms with E-state index in [0.29, 0.717) is 24.0 Å². The minimum absolute atomic E-state index is 0.0639. The zero-order valence-electron chi connectivity index (χ0n) is 22.6. The van der Waals surface area contributed by atoms with Gasteiger partial charge in [0.05, 0.1) is 11.7 Å². The van der Waals surface area contributed by atoms with Crippen LogP contribution in [0.15, 0.2) is 23.3 Å². The summed E-state index contributed by atoms with van der Waals surface area (Å²) in [5.74, 6) is 1.36. The van der Waals surface area contributed by atoms with E-state index in [2.05, 4.69) is 53.7 Å². The van der Waals surface area contributed by atoms with Crippen molar-refractivity contribution >= 4 is 5.78 Å². The van der Waals surface area contributed by atoms with Crippen molar-refractivity contribution in [3.8, 4) is 0 Å². The number of aliphatic hydroxyl groups excluding tert-OH is 2. The molecule has 5 rings (SSSR count). The monoisotopic (exact) mass is 470 g/mol. The van der Waals surface area contributed by atoms with Gasteiger partial charge in [0.25, 0.3) is 0 Å². The van der Waals surface area contributed by atoms with Crippen LogP contribution in [0.25, 0.3) is 0 Å². The van der Waals surface area contributed by atoms with Crippen molar-refractivity contribution in [1.29, 1.82) is 0 Å². The van der Waals surface area contributed by atoms with Crippen LogP contribution >= 0.6 is 0 Å². The number of rotatable bonds is 2. The number of fused-ring (bicyclic) bond motifs is 5. The molecule has 5 aliphatic rings. The van der Waals surface area contributed by atoms with Crippen molar-refractivity contribution in [1.82, 2.24) is 0 Å². The van der Waals surface area contributed by atoms with Crippen LogP contribution in [0.2, 0.25) is 0 Å². The maximum Gasteiger partial charge on any atom is 0.138 e. The Bertz CT molecular complexity index is 959. The van der Waals surface area contributed by atoms with Crippen molar-refractivity contribution in [2.75, 3.05) is 0 Å². The predicted octanol–water partition coefficient (Wildman–Crippen LogP) is 5.62. The Kier molecular flexibility index (Phi) is 5.30. The molecule has 0 aromatic heterocycles. The Morgan fingerprint density at radius 1 is 1.00 bits per heavy atom. The third-order valence-electron chi connectivity index (χ3n) is 12.0. The summed E-state index contributed by atoms with van der Waals surface area (Å²) < 4.78 is 6.27. The second kappa shape index (κ2) is 7.29. The van der Waals surface area contributed by atoms with Crippen LogP contribution in [0.3, 0.4) is 0 Å². The van der Waals surface area contributed by atoms with E-state index in [1.807, 2.05) is 13.8 Å². The average molecular weight is 471 g/mol. The highest BCUT2D eigenvalue weighted by atomic mass is 16.6. The van der Waals surface area contributed by atoms with Crippen LogP contribution in [0.1, 0.15) is 93.9 Å². The van der Waals surface area contributed by atoms with Gasteiger partial charge in [0.1, 0.15) is 18.0 Å². The van der Waals surface area contributed by atoms with Gasteiger partial charge in [-0.3, -0.25) is 4.79 Å². The van der Waals surface area contributed by atoms with E-state index in [1.54, 1.807) is 0 Å². The van der Waals surface area contributed by atoms with Gasteiger partial charge in [-0.2, -0.15) is 0 Å². The maximum atomic E-state index is 12.8. The van der Waals surface area contributed by atoms with E-state index < -0.39 is 17.8 Å². The number of aliphatic hydroxyl groups is 2. The number of ether oxygens (including phenoxy) is 1. The van der Waals surface area contributed by atoms with E-state index in [-0.39, 0.29) is 33.7 Å². The van der Waals surface area contributed by atoms with Gasteiger partial charge in [-0.05, 0) is 91.1 Å². The third kappa shape index (κ3) is 2.91. The Morgan fingerprint density at radius 3 is 2.29 bits per heavy atom. The SMILES string of the molecule is CC(C1OC(C)(C)C(O)C1O)[C@@H]1CC[C@]2(C)C3=CC[C@H]4C(C)(C)C(=O)CC[C@]4(C)C3=CC[C@@]12C. The summed E-state index contributed by atoms with van der Waals surface area (Å²) in [6.07, 6.45) is 8.90. The third-order valence-corrected chi connectivity index (χ3v) is 12.0. The van der Waals surface area contributed by atoms with E-state index in [4.69, 9.17) is 4.74 Å². The summed E-state index contributed by atoms with van der Waals surface area (Å²) in [6, 6.07) is 0. The van der Waals surface area contributed by atoms with Gasteiger partial charge in [0, 0.05) is 11.8 Å². The Morgan fingerprint density at radius 2 is 1.68 bits per heavy atom. The molecule has 4 aliphatic carbocycles. The molecular formula is C30H46O4. The first kappa shape index (κ1) is 24.7. The van der Waals surface area contributed by atoms with E-state index in [0.717, 1.165) is 32.1 Å². The first-order chi connectivity index (χ1) is 15.6. The van der Waals surface area contributed by atoms with Gasteiger partial charge in [0.15, 0.2) is 0 Å². The van der Waals surface area contributed by atoms with Crippen molar-refractivity contribution in [3.05, 3.63) is 23.3 Å². The summed E-state index contributed by atoms with van der Waals surface area (Å²) in [7, 11) is 0. The Hall–Kier alpha value is -0.970. The minimum atomic E-state index is -0.853. The highest BCUT2D eigenvalue weighted by molar-refractivity contribution is 5.86. The fourth-order valence-electron chi connectivity index (χ4n) is 9.42. The molecule has 0 bridgehead atoms. The molecular weight excluding hydrogens is 424 g/mol. The number of hydrogen-bond acceptors (Lipinski definition) is 4. The highest BCUT2D eigenvalue weighted by Gasteiger charge is 2.64. The lowest BCUT2D eigenvalue weighted by atomic mass is 9.44. The molecule has 4 nitrogen and oxygen atoms in total. The predicted molar refractivity (Wildman–Crippen MR) is 134 cm³/mol. The van der Waals surface area contributed by atoms with Crippen LogP contribution in [0.5, 0.6) is 0 Å². The van der Waals surface area contributed by atoms with Crippen molar-refractivity contribution in [2.24, 2.45) is 39.4 Å². The Labute approximate surface area is 206 Å². The quantitative estimate of drug-likeness (QED) is 0.550. The summed E-state index contributed by atoms with van der Waals surface area (Å²) >= 11 is 0. The van der Waals surface area contributed by atoms with Crippen molar-refractivity contribution < 1.29 is 19.7 Å². The van der Waals surface area contributed by atoms with Gasteiger partial charge in [-0.1, -0.05) is 53.7 Å². The van der Waals surface area contributed by atoms with Crippen LogP contribution in [-0.4, -0.2) is 39.9 Å². The molecule has 4 heteroatoms. The minimum Gasteiger partial charge on any atom is -0.388 e. The number of allylic oxidation sites excluding steroid dienone is 4. The van der Waals surface area contributed by atoms with Crippen molar-refractivity contribution in [3.63, 3.8) is 0 Å². The van der Waals surface area contributed by atoms with Gasteiger partial charge in [-0.25, -0.2) is 0 Å². The fraction of sp³-hybridized carbons (Fsp3) is 0.833. The maximum absolute atomic E-state index is 12.8. The molecule has 1 heterocycles. The van der Waals surface area contributed by atoms with Gasteiger partial charge < -0.3 is 14.9 Å². The molecule has 0 aromatic rings. The molecule has 0 aromatic carbocycles. The Balaban J connectivity index is 1.50. The second-order valence-corrected chi connectivity index (χ2v) is 14.2. The summed E-state index contributed by atoms with van der Waals surface area (Å²) in [6.45, 7) is 17.7. The molecule has 0 amide bonds. The topological polar surface area (TPSA) is 66.8 Å². The molecule has 0 radical (unpaired) electrons. The number of Topliss-reactive ketones (excluding diaryl/α,β-unsaturated/α-hetero) is 1. The van der Waals surface area contributed by atoms with Gasteiger partial charge >= 0.3 is 0 Å². The number of ketones is 1. The van der Waals surface area contributed by atoms with Crippen LogP contribution in [-0.2, 0) is 9.53 Å². The molecule has 2 N–H and O–H groups in total. The molecule has 190 valence electrons. The lowest BCUT2D eigenvalue weighted by molar-refractivity contribution is -0.138. The molecule has 0 spiro atoms. The number of carbonyl (C=O) groups excluding carboxylic acids is 1. The van der Waals surface area contributed by atoms with E-state index in [9.17, 15) is 15.0 Å². The van der Waals surface area contributed by atoms with Crippen LogP contribution in [0, 0.1) is 39.4 Å². The zero-order valence-corrected chi connectivity index (χ0v) is 22.6. The van der Waals surface area contributed by atoms with E-state index >= 15 is 0 Å². The molecule has 3 fully saturated rings. The standard InChI is InChI=1S/C30H46O4/c1-17(24-23(32)25(33)27(4,5)34-24)18-11-15-30(8)20-9-10-21-26(2,3)22(31)13-14-28(21,6)19(20)12-16-29(18,30)7/h9,12,17-18,21,23-25,32-33H,10-11,13-16H2,1-8H3/t17?,18-,21-,23?,24?,25?,28+,29-,30+/m0/s1. The number of carbonyl (C=O) groups is 1. The van der Waals surface area contributed by atoms with Crippen LogP contribution in [0.4, 0.5) is 0 Å². The molecule has 9 atom stereocenters. The van der Waals surface area contributed by atoms with Crippen LogP contribution < -0.4 is 0 Å². The lowest BCUT2D eigenvalue weighted by Crippen LogP contribution is -2.53. The highest BCUT2D eigenvalue weighted by Crippen LogP contribution is 2.71. The van der Waals surface area contributed by atoms with Gasteiger partial charge in [-0.15, -0.1) is 0 Å². The largest absolute Gasteiger partial charge is 0.388 e. The zero-order chi connectivity index (χ0) is 25.1. The van der Waals surface area contributed by atoms with E-state index in [1.165, 1.54) is 11.1 Å². The summed E-state index contributed by atoms with van der Waals surface area (Å²) in [5, 5.41) is 21.4. The molecule has 4 unspecified atom stereocenters. The molecule has 1 aliphatic heterocycles. The molecule has 2 saturated carbocycles. The normalized spacial score (nSPS) is 50.1. The lowest BCUT2D eigenvalue weighted by Gasteiger charge is -2.59. The second-order valence-electron chi connectivity index (χ2n) is 14.2. The fourth-order valence-corrected chi connectivity index (χ4v) is 9.42. The first-order valence-corrected chi connectivity index (χ1v) is 13.6. The summed E-state index contributed by atoms with van der Waals surface area (Å²) in [5.41, 5.74) is 2.28. The van der Waals surface area contributed by atoms with Gasteiger partial charge in [0.2, 0.25) is 0 Å². The molecule has 1 saturated heterocycles. The van der Waals surface area contributed by atoms with Crippen molar-refractivity contribution in [2.45, 2.75) is 118 Å². The number of hydrogen-bond donors (Lipinski definition) is 2.